The van der Waals surface area contributed by atoms with E-state index >= 15 is 0 Å². The number of carbonyl (C=O) groups excluding carboxylic acids is 1. The second kappa shape index (κ2) is 6.91. The minimum Gasteiger partial charge on any atom is -0.481 e. The van der Waals surface area contributed by atoms with E-state index in [-0.39, 0.29) is 10.9 Å². The zero-order chi connectivity index (χ0) is 15.4. The van der Waals surface area contributed by atoms with Gasteiger partial charge in [0, 0.05) is 10.2 Å². The van der Waals surface area contributed by atoms with Gasteiger partial charge in [-0.2, -0.15) is 0 Å². The molecule has 0 aromatic heterocycles. The van der Waals surface area contributed by atoms with E-state index in [1.165, 1.54) is 18.2 Å². The highest BCUT2D eigenvalue weighted by Gasteiger charge is 2.15. The van der Waals surface area contributed by atoms with Crippen LogP contribution < -0.4 is 10.1 Å². The van der Waals surface area contributed by atoms with Gasteiger partial charge in [-0.3, -0.25) is 4.79 Å². The van der Waals surface area contributed by atoms with Gasteiger partial charge in [-0.05, 0) is 49.4 Å². The highest BCUT2D eigenvalue weighted by Crippen LogP contribution is 2.20. The Morgan fingerprint density at radius 2 is 1.95 bits per heavy atom. The summed E-state index contributed by atoms with van der Waals surface area (Å²) in [6.07, 6.45) is -0.699. The predicted octanol–water partition coefficient (Wildman–Crippen LogP) is 4.65. The topological polar surface area (TPSA) is 38.3 Å². The molecule has 0 bridgehead atoms. The molecule has 6 heteroatoms. The van der Waals surface area contributed by atoms with Crippen molar-refractivity contribution in [3.05, 3.63) is 57.8 Å². The van der Waals surface area contributed by atoms with Gasteiger partial charge in [-0.25, -0.2) is 4.39 Å². The molecule has 2 aromatic rings. The average Bonchev–Trinajstić information content (AvgIpc) is 2.45. The molecule has 0 radical (unpaired) electrons. The van der Waals surface area contributed by atoms with E-state index in [1.807, 2.05) is 12.1 Å². The number of halogens is 3. The maximum Gasteiger partial charge on any atom is 0.265 e. The van der Waals surface area contributed by atoms with E-state index < -0.39 is 11.9 Å². The molecule has 110 valence electrons. The van der Waals surface area contributed by atoms with Crippen molar-refractivity contribution in [2.75, 3.05) is 5.32 Å². The number of carbonyl (C=O) groups is 1. The van der Waals surface area contributed by atoms with E-state index in [9.17, 15) is 9.18 Å². The fraction of sp³-hybridized carbons (Fsp3) is 0.133. The Morgan fingerprint density at radius 3 is 2.57 bits per heavy atom. The van der Waals surface area contributed by atoms with E-state index in [1.54, 1.807) is 19.1 Å². The van der Waals surface area contributed by atoms with Crippen molar-refractivity contribution in [1.29, 1.82) is 0 Å². The molecule has 0 spiro atoms. The molecule has 1 atom stereocenters. The molecule has 0 fully saturated rings. The van der Waals surface area contributed by atoms with E-state index in [0.717, 1.165) is 4.47 Å². The molecule has 0 aliphatic carbocycles. The first-order valence-electron chi connectivity index (χ1n) is 6.14. The number of rotatable bonds is 4. The first-order valence-corrected chi connectivity index (χ1v) is 7.31. The van der Waals surface area contributed by atoms with Crippen molar-refractivity contribution < 1.29 is 13.9 Å². The van der Waals surface area contributed by atoms with Crippen molar-refractivity contribution >= 4 is 39.1 Å². The number of nitrogens with one attached hydrogen (secondary N) is 1. The van der Waals surface area contributed by atoms with Gasteiger partial charge in [-0.1, -0.05) is 27.5 Å². The number of hydrogen-bond acceptors (Lipinski definition) is 2. The SMILES string of the molecule is C[C@@H](Oc1ccc(Br)cc1)C(=O)Nc1ccc(F)c(Cl)c1. The summed E-state index contributed by atoms with van der Waals surface area (Å²) in [6.45, 7) is 1.63. The summed E-state index contributed by atoms with van der Waals surface area (Å²) < 4.78 is 19.5. The van der Waals surface area contributed by atoms with Crippen molar-refractivity contribution in [2.24, 2.45) is 0 Å². The standard InChI is InChI=1S/C15H12BrClFNO2/c1-9(21-12-5-2-10(16)3-6-12)15(20)19-11-4-7-14(18)13(17)8-11/h2-9H,1H3,(H,19,20)/t9-/m1/s1. The molecular weight excluding hydrogens is 361 g/mol. The van der Waals surface area contributed by atoms with Crippen LogP contribution in [0.4, 0.5) is 10.1 Å². The van der Waals surface area contributed by atoms with Gasteiger partial charge in [0.25, 0.3) is 5.91 Å². The Kier molecular flexibility index (Phi) is 5.20. The van der Waals surface area contributed by atoms with Crippen LogP contribution in [0.25, 0.3) is 0 Å². The molecule has 0 saturated heterocycles. The largest absolute Gasteiger partial charge is 0.481 e. The van der Waals surface area contributed by atoms with E-state index in [4.69, 9.17) is 16.3 Å². The maximum atomic E-state index is 13.0. The van der Waals surface area contributed by atoms with Crippen LogP contribution in [0.1, 0.15) is 6.92 Å². The van der Waals surface area contributed by atoms with Gasteiger partial charge in [0.2, 0.25) is 0 Å². The van der Waals surface area contributed by atoms with E-state index in [2.05, 4.69) is 21.2 Å². The fourth-order valence-electron chi connectivity index (χ4n) is 1.59. The third-order valence-corrected chi connectivity index (χ3v) is 3.50. The lowest BCUT2D eigenvalue weighted by atomic mass is 10.3. The van der Waals surface area contributed by atoms with Crippen LogP contribution >= 0.6 is 27.5 Å². The van der Waals surface area contributed by atoms with Gasteiger partial charge >= 0.3 is 0 Å². The van der Waals surface area contributed by atoms with Crippen molar-refractivity contribution in [3.63, 3.8) is 0 Å². The lowest BCUT2D eigenvalue weighted by Gasteiger charge is -2.15. The number of anilines is 1. The molecule has 1 amide bonds. The van der Waals surface area contributed by atoms with Gasteiger partial charge in [0.15, 0.2) is 6.10 Å². The zero-order valence-corrected chi connectivity index (χ0v) is 13.4. The number of ether oxygens (including phenoxy) is 1. The number of amides is 1. The van der Waals surface area contributed by atoms with Crippen LogP contribution in [0.2, 0.25) is 5.02 Å². The van der Waals surface area contributed by atoms with Crippen LogP contribution in [0.3, 0.4) is 0 Å². The molecule has 0 unspecified atom stereocenters. The molecule has 0 saturated carbocycles. The Balaban J connectivity index is 1.98. The normalized spacial score (nSPS) is 11.8. The van der Waals surface area contributed by atoms with Crippen molar-refractivity contribution in [1.82, 2.24) is 0 Å². The lowest BCUT2D eigenvalue weighted by molar-refractivity contribution is -0.122. The molecule has 1 N–H and O–H groups in total. The smallest absolute Gasteiger partial charge is 0.265 e. The molecule has 0 heterocycles. The van der Waals surface area contributed by atoms with E-state index in [0.29, 0.717) is 11.4 Å². The quantitative estimate of drug-likeness (QED) is 0.848. The zero-order valence-electron chi connectivity index (χ0n) is 11.1. The van der Waals surface area contributed by atoms with Gasteiger partial charge in [-0.15, -0.1) is 0 Å². The molecule has 2 aromatic carbocycles. The first kappa shape index (κ1) is 15.8. The maximum absolute atomic E-state index is 13.0. The summed E-state index contributed by atoms with van der Waals surface area (Å²) >= 11 is 8.98. The second-order valence-electron chi connectivity index (χ2n) is 4.33. The molecule has 2 rings (SSSR count). The van der Waals surface area contributed by atoms with Gasteiger partial charge in [0.1, 0.15) is 11.6 Å². The molecule has 3 nitrogen and oxygen atoms in total. The Hall–Kier alpha value is -1.59. The first-order chi connectivity index (χ1) is 9.95. The van der Waals surface area contributed by atoms with Gasteiger partial charge in [0.05, 0.1) is 5.02 Å². The van der Waals surface area contributed by atoms with Crippen LogP contribution in [-0.4, -0.2) is 12.0 Å². The Bertz CT molecular complexity index is 649. The molecule has 21 heavy (non-hydrogen) atoms. The van der Waals surface area contributed by atoms with Crippen LogP contribution in [0.15, 0.2) is 46.9 Å². The third kappa shape index (κ3) is 4.44. The number of hydrogen-bond donors (Lipinski definition) is 1. The average molecular weight is 373 g/mol. The summed E-state index contributed by atoms with van der Waals surface area (Å²) in [4.78, 5) is 12.0. The monoisotopic (exact) mass is 371 g/mol. The highest BCUT2D eigenvalue weighted by molar-refractivity contribution is 9.10. The van der Waals surface area contributed by atoms with Crippen LogP contribution in [-0.2, 0) is 4.79 Å². The second-order valence-corrected chi connectivity index (χ2v) is 5.66. The minimum absolute atomic E-state index is 0.0470. The van der Waals surface area contributed by atoms with Crippen molar-refractivity contribution in [2.45, 2.75) is 13.0 Å². The summed E-state index contributed by atoms with van der Waals surface area (Å²) in [5.74, 6) is -0.299. The van der Waals surface area contributed by atoms with Crippen LogP contribution in [0, 0.1) is 5.82 Å². The lowest BCUT2D eigenvalue weighted by Crippen LogP contribution is -2.30. The predicted molar refractivity (Wildman–Crippen MR) is 84.3 cm³/mol. The Labute approximate surface area is 135 Å². The fourth-order valence-corrected chi connectivity index (χ4v) is 2.03. The minimum atomic E-state index is -0.699. The Morgan fingerprint density at radius 1 is 1.29 bits per heavy atom. The highest BCUT2D eigenvalue weighted by atomic mass is 79.9. The van der Waals surface area contributed by atoms with Crippen LogP contribution in [0.5, 0.6) is 5.75 Å². The molecule has 0 aliphatic rings. The molecular formula is C15H12BrClFNO2. The molecule has 0 aliphatic heterocycles. The summed E-state index contributed by atoms with van der Waals surface area (Å²) in [6, 6.07) is 11.1. The summed E-state index contributed by atoms with van der Waals surface area (Å²) in [7, 11) is 0. The van der Waals surface area contributed by atoms with Gasteiger partial charge < -0.3 is 10.1 Å². The number of benzene rings is 2. The summed E-state index contributed by atoms with van der Waals surface area (Å²) in [5.41, 5.74) is 0.414. The third-order valence-electron chi connectivity index (χ3n) is 2.68. The van der Waals surface area contributed by atoms with Crippen molar-refractivity contribution in [3.8, 4) is 5.75 Å². The summed E-state index contributed by atoms with van der Waals surface area (Å²) in [5, 5.41) is 2.57.